The summed E-state index contributed by atoms with van der Waals surface area (Å²) in [6, 6.07) is 0. The first-order valence-electron chi connectivity index (χ1n) is 6.25. The van der Waals surface area contributed by atoms with Gasteiger partial charge in [-0.2, -0.15) is 0 Å². The van der Waals surface area contributed by atoms with Crippen LogP contribution in [0.2, 0.25) is 0 Å². The molecular formula is C12H22N2O3. The maximum absolute atomic E-state index is 12.2. The first kappa shape index (κ1) is 14.0. The first-order chi connectivity index (χ1) is 8.10. The van der Waals surface area contributed by atoms with Crippen LogP contribution in [0.4, 0.5) is 0 Å². The highest BCUT2D eigenvalue weighted by Crippen LogP contribution is 2.18. The average molecular weight is 242 g/mol. The molecule has 17 heavy (non-hydrogen) atoms. The maximum atomic E-state index is 12.2. The molecule has 2 amide bonds. The van der Waals surface area contributed by atoms with Crippen LogP contribution in [0.3, 0.4) is 0 Å². The second kappa shape index (κ2) is 6.59. The van der Waals surface area contributed by atoms with E-state index in [0.29, 0.717) is 26.2 Å². The summed E-state index contributed by atoms with van der Waals surface area (Å²) in [5.74, 6) is 0.0196. The van der Waals surface area contributed by atoms with Gasteiger partial charge in [0.25, 0.3) is 0 Å². The van der Waals surface area contributed by atoms with Gasteiger partial charge in [0, 0.05) is 33.1 Å². The van der Waals surface area contributed by atoms with Crippen molar-refractivity contribution in [3.63, 3.8) is 0 Å². The normalized spacial score (nSPS) is 19.5. The van der Waals surface area contributed by atoms with Crippen molar-refractivity contribution in [2.24, 2.45) is 5.92 Å². The number of aliphatic hydroxyl groups excluding tert-OH is 1. The summed E-state index contributed by atoms with van der Waals surface area (Å²) in [6.45, 7) is 5.80. The molecule has 5 heteroatoms. The third-order valence-corrected chi connectivity index (χ3v) is 3.16. The number of likely N-dealkylation sites (tertiary alicyclic amines) is 1. The second-order valence-electron chi connectivity index (χ2n) is 4.50. The Kier molecular flexibility index (Phi) is 5.41. The molecule has 0 saturated carbocycles. The van der Waals surface area contributed by atoms with Crippen LogP contribution < -0.4 is 0 Å². The molecule has 0 aromatic carbocycles. The number of rotatable bonds is 5. The lowest BCUT2D eigenvalue weighted by molar-refractivity contribution is -0.136. The van der Waals surface area contributed by atoms with E-state index < -0.39 is 0 Å². The van der Waals surface area contributed by atoms with Crippen LogP contribution >= 0.6 is 0 Å². The number of aliphatic hydroxyl groups is 1. The van der Waals surface area contributed by atoms with Crippen LogP contribution in [-0.4, -0.2) is 59.5 Å². The fourth-order valence-electron chi connectivity index (χ4n) is 2.23. The van der Waals surface area contributed by atoms with Gasteiger partial charge >= 0.3 is 0 Å². The summed E-state index contributed by atoms with van der Waals surface area (Å²) >= 11 is 0. The van der Waals surface area contributed by atoms with Crippen LogP contribution in [0.5, 0.6) is 0 Å². The van der Waals surface area contributed by atoms with Crippen LogP contribution in [0.15, 0.2) is 0 Å². The average Bonchev–Trinajstić information content (AvgIpc) is 2.77. The van der Waals surface area contributed by atoms with Crippen molar-refractivity contribution in [1.29, 1.82) is 0 Å². The lowest BCUT2D eigenvalue weighted by Gasteiger charge is -2.24. The van der Waals surface area contributed by atoms with Crippen molar-refractivity contribution in [3.05, 3.63) is 0 Å². The Bertz CT molecular complexity index is 275. The molecule has 98 valence electrons. The fourth-order valence-corrected chi connectivity index (χ4v) is 2.23. The zero-order valence-electron chi connectivity index (χ0n) is 10.7. The molecule has 0 aliphatic carbocycles. The van der Waals surface area contributed by atoms with Crippen molar-refractivity contribution in [1.82, 2.24) is 9.80 Å². The third kappa shape index (κ3) is 3.70. The lowest BCUT2D eigenvalue weighted by atomic mass is 10.1. The summed E-state index contributed by atoms with van der Waals surface area (Å²) in [4.78, 5) is 26.8. The van der Waals surface area contributed by atoms with E-state index in [0.717, 1.165) is 12.8 Å². The van der Waals surface area contributed by atoms with Gasteiger partial charge in [-0.3, -0.25) is 9.59 Å². The van der Waals surface area contributed by atoms with Crippen LogP contribution in [0.1, 0.15) is 26.7 Å². The molecule has 1 saturated heterocycles. The third-order valence-electron chi connectivity index (χ3n) is 3.16. The van der Waals surface area contributed by atoms with Gasteiger partial charge in [0.1, 0.15) is 0 Å². The fraction of sp³-hybridized carbons (Fsp3) is 0.833. The van der Waals surface area contributed by atoms with Crippen LogP contribution in [0, 0.1) is 5.92 Å². The summed E-state index contributed by atoms with van der Waals surface area (Å²) in [6.07, 6.45) is 1.62. The summed E-state index contributed by atoms with van der Waals surface area (Å²) in [5, 5.41) is 8.94. The molecule has 0 radical (unpaired) electrons. The Hall–Kier alpha value is -1.10. The Balaban J connectivity index is 2.54. The van der Waals surface area contributed by atoms with Crippen LogP contribution in [-0.2, 0) is 9.59 Å². The molecule has 1 aliphatic heterocycles. The Morgan fingerprint density at radius 2 is 2.12 bits per heavy atom. The van der Waals surface area contributed by atoms with Gasteiger partial charge in [-0.05, 0) is 12.8 Å². The van der Waals surface area contributed by atoms with Crippen molar-refractivity contribution < 1.29 is 14.7 Å². The number of hydrogen-bond acceptors (Lipinski definition) is 3. The minimum Gasteiger partial charge on any atom is -0.395 e. The second-order valence-corrected chi connectivity index (χ2v) is 4.50. The summed E-state index contributed by atoms with van der Waals surface area (Å²) in [5.41, 5.74) is 0. The van der Waals surface area contributed by atoms with Crippen molar-refractivity contribution in [3.8, 4) is 0 Å². The molecule has 0 aromatic rings. The quantitative estimate of drug-likeness (QED) is 0.743. The van der Waals surface area contributed by atoms with Gasteiger partial charge in [0.2, 0.25) is 11.8 Å². The highest BCUT2D eigenvalue weighted by atomic mass is 16.3. The van der Waals surface area contributed by atoms with E-state index in [1.165, 1.54) is 6.92 Å². The van der Waals surface area contributed by atoms with E-state index in [1.54, 1.807) is 9.80 Å². The number of nitrogens with zero attached hydrogens (tertiary/aromatic N) is 2. The van der Waals surface area contributed by atoms with Crippen molar-refractivity contribution in [2.45, 2.75) is 26.7 Å². The number of amides is 2. The van der Waals surface area contributed by atoms with E-state index in [4.69, 9.17) is 5.11 Å². The van der Waals surface area contributed by atoms with Crippen LogP contribution in [0.25, 0.3) is 0 Å². The number of carbonyl (C=O) groups is 2. The van der Waals surface area contributed by atoms with E-state index in [-0.39, 0.29) is 24.3 Å². The van der Waals surface area contributed by atoms with Gasteiger partial charge in [0.05, 0.1) is 12.5 Å². The molecular weight excluding hydrogens is 220 g/mol. The monoisotopic (exact) mass is 242 g/mol. The van der Waals surface area contributed by atoms with Crippen molar-refractivity contribution in [2.75, 3.05) is 32.8 Å². The highest BCUT2D eigenvalue weighted by Gasteiger charge is 2.31. The van der Waals surface area contributed by atoms with E-state index in [9.17, 15) is 9.59 Å². The Labute approximate surface area is 102 Å². The minimum absolute atomic E-state index is 0.00508. The SMILES string of the molecule is CCCN(CCO)C(=O)C1CCN(C(C)=O)C1. The molecule has 5 nitrogen and oxygen atoms in total. The Morgan fingerprint density at radius 1 is 1.41 bits per heavy atom. The van der Waals surface area contributed by atoms with Gasteiger partial charge < -0.3 is 14.9 Å². The molecule has 0 aromatic heterocycles. The van der Waals surface area contributed by atoms with E-state index in [2.05, 4.69) is 0 Å². The highest BCUT2D eigenvalue weighted by molar-refractivity contribution is 5.81. The predicted octanol–water partition coefficient (Wildman–Crippen LogP) is 0.0857. The van der Waals surface area contributed by atoms with Gasteiger partial charge in [-0.1, -0.05) is 6.92 Å². The molecule has 1 aliphatic rings. The number of hydrogen-bond donors (Lipinski definition) is 1. The predicted molar refractivity (Wildman–Crippen MR) is 64.3 cm³/mol. The topological polar surface area (TPSA) is 60.9 Å². The zero-order valence-corrected chi connectivity index (χ0v) is 10.7. The Morgan fingerprint density at radius 3 is 2.59 bits per heavy atom. The largest absolute Gasteiger partial charge is 0.395 e. The van der Waals surface area contributed by atoms with Crippen molar-refractivity contribution >= 4 is 11.8 Å². The van der Waals surface area contributed by atoms with E-state index >= 15 is 0 Å². The molecule has 1 fully saturated rings. The molecule has 1 N–H and O–H groups in total. The summed E-state index contributed by atoms with van der Waals surface area (Å²) in [7, 11) is 0. The maximum Gasteiger partial charge on any atom is 0.227 e. The van der Waals surface area contributed by atoms with Gasteiger partial charge in [-0.15, -0.1) is 0 Å². The molecule has 1 rings (SSSR count). The summed E-state index contributed by atoms with van der Waals surface area (Å²) < 4.78 is 0. The molecule has 0 bridgehead atoms. The molecule has 0 spiro atoms. The van der Waals surface area contributed by atoms with Gasteiger partial charge in [0.15, 0.2) is 0 Å². The van der Waals surface area contributed by atoms with E-state index in [1.807, 2.05) is 6.92 Å². The lowest BCUT2D eigenvalue weighted by Crippen LogP contribution is -2.40. The molecule has 1 atom stereocenters. The first-order valence-corrected chi connectivity index (χ1v) is 6.25. The molecule has 1 unspecified atom stereocenters. The van der Waals surface area contributed by atoms with Gasteiger partial charge in [-0.25, -0.2) is 0 Å². The zero-order chi connectivity index (χ0) is 12.8. The minimum atomic E-state index is -0.0861. The number of carbonyl (C=O) groups excluding carboxylic acids is 2. The molecule has 1 heterocycles. The standard InChI is InChI=1S/C12H22N2O3/c1-3-5-13(7-8-15)12(17)11-4-6-14(9-11)10(2)16/h11,15H,3-9H2,1-2H3. The smallest absolute Gasteiger partial charge is 0.227 e.